The Balaban J connectivity index is 2.00. The normalized spacial score (nSPS) is 22.9. The van der Waals surface area contributed by atoms with Gasteiger partial charge in [-0.1, -0.05) is 57.0 Å². The molecule has 1 aromatic carbocycles. The molecule has 1 aliphatic rings. The van der Waals surface area contributed by atoms with E-state index < -0.39 is 6.10 Å². The lowest BCUT2D eigenvalue weighted by atomic mass is 9.87. The third-order valence-corrected chi connectivity index (χ3v) is 5.57. The lowest BCUT2D eigenvalue weighted by Gasteiger charge is -2.34. The summed E-state index contributed by atoms with van der Waals surface area (Å²) < 4.78 is 6.24. The highest BCUT2D eigenvalue weighted by atomic mass is 16.5. The van der Waals surface area contributed by atoms with Crippen molar-refractivity contribution in [2.24, 2.45) is 11.8 Å². The number of phenols is 1. The van der Waals surface area contributed by atoms with Crippen LogP contribution in [0.3, 0.4) is 0 Å². The molecule has 0 unspecified atom stereocenters. The maximum absolute atomic E-state index is 12.4. The van der Waals surface area contributed by atoms with Gasteiger partial charge in [0.05, 0.1) is 11.7 Å². The summed E-state index contributed by atoms with van der Waals surface area (Å²) >= 11 is 0. The van der Waals surface area contributed by atoms with Crippen LogP contribution in [0.4, 0.5) is 0 Å². The van der Waals surface area contributed by atoms with Crippen LogP contribution in [0.1, 0.15) is 45.8 Å². The van der Waals surface area contributed by atoms with Gasteiger partial charge in [-0.3, -0.25) is 4.79 Å². The van der Waals surface area contributed by atoms with Crippen LogP contribution >= 0.6 is 0 Å². The van der Waals surface area contributed by atoms with Crippen molar-refractivity contribution in [3.63, 3.8) is 0 Å². The predicted octanol–water partition coefficient (Wildman–Crippen LogP) is 4.73. The minimum absolute atomic E-state index is 0.158. The summed E-state index contributed by atoms with van der Waals surface area (Å²) in [6.07, 6.45) is 7.53. The number of hydrogen-bond acceptors (Lipinski definition) is 4. The Labute approximate surface area is 171 Å². The first-order chi connectivity index (χ1) is 13.8. The van der Waals surface area contributed by atoms with Crippen LogP contribution in [0.25, 0.3) is 11.1 Å². The molecule has 1 aliphatic heterocycles. The first-order valence-corrected chi connectivity index (χ1v) is 10.1. The molecule has 0 radical (unpaired) electrons. The van der Waals surface area contributed by atoms with Crippen LogP contribution in [-0.4, -0.2) is 21.3 Å². The number of aromatic hydroxyl groups is 1. The number of aromatic amines is 1. The van der Waals surface area contributed by atoms with Gasteiger partial charge in [-0.25, -0.2) is 0 Å². The molecule has 0 bridgehead atoms. The molecule has 0 aliphatic carbocycles. The van der Waals surface area contributed by atoms with E-state index in [0.717, 1.165) is 17.6 Å². The lowest BCUT2D eigenvalue weighted by molar-refractivity contribution is 0.0288. The van der Waals surface area contributed by atoms with Gasteiger partial charge in [-0.15, -0.1) is 0 Å². The highest BCUT2D eigenvalue weighted by molar-refractivity contribution is 5.72. The van der Waals surface area contributed by atoms with Gasteiger partial charge >= 0.3 is 0 Å². The van der Waals surface area contributed by atoms with Crippen molar-refractivity contribution >= 4 is 0 Å². The number of ether oxygens (including phenoxy) is 1. The highest BCUT2D eigenvalue weighted by Crippen LogP contribution is 2.42. The van der Waals surface area contributed by atoms with Crippen molar-refractivity contribution in [1.29, 1.82) is 0 Å². The summed E-state index contributed by atoms with van der Waals surface area (Å²) in [6, 6.07) is 6.66. The Morgan fingerprint density at radius 1 is 1.31 bits per heavy atom. The van der Waals surface area contributed by atoms with Crippen molar-refractivity contribution in [3.05, 3.63) is 70.2 Å². The number of pyridine rings is 1. The van der Waals surface area contributed by atoms with E-state index >= 15 is 0 Å². The molecule has 0 fully saturated rings. The molecule has 0 amide bonds. The maximum atomic E-state index is 12.4. The van der Waals surface area contributed by atoms with Gasteiger partial charge in [0, 0.05) is 17.7 Å². The van der Waals surface area contributed by atoms with Gasteiger partial charge in [0.25, 0.3) is 5.56 Å². The Morgan fingerprint density at radius 2 is 2.00 bits per heavy atom. The van der Waals surface area contributed by atoms with Gasteiger partial charge < -0.3 is 19.9 Å². The fourth-order valence-corrected chi connectivity index (χ4v) is 3.55. The van der Waals surface area contributed by atoms with Gasteiger partial charge in [0.15, 0.2) is 0 Å². The number of benzene rings is 1. The molecule has 154 valence electrons. The predicted molar refractivity (Wildman–Crippen MR) is 115 cm³/mol. The monoisotopic (exact) mass is 395 g/mol. The van der Waals surface area contributed by atoms with Crippen LogP contribution in [0.5, 0.6) is 11.5 Å². The molecule has 3 rings (SSSR count). The van der Waals surface area contributed by atoms with Crippen molar-refractivity contribution in [2.45, 2.75) is 46.3 Å². The van der Waals surface area contributed by atoms with E-state index in [0.29, 0.717) is 17.2 Å². The fraction of sp³-hybridized carbons (Fsp3) is 0.375. The lowest BCUT2D eigenvalue weighted by Crippen LogP contribution is -2.37. The van der Waals surface area contributed by atoms with E-state index in [1.807, 2.05) is 26.0 Å². The summed E-state index contributed by atoms with van der Waals surface area (Å²) in [5.74, 6) is 0.774. The average molecular weight is 395 g/mol. The van der Waals surface area contributed by atoms with E-state index in [4.69, 9.17) is 4.74 Å². The summed E-state index contributed by atoms with van der Waals surface area (Å²) in [4.78, 5) is 15.1. The molecular weight excluding hydrogens is 366 g/mol. The second-order valence-electron chi connectivity index (χ2n) is 7.86. The molecule has 1 aromatic heterocycles. The summed E-state index contributed by atoms with van der Waals surface area (Å²) in [5, 5.41) is 20.4. The molecule has 0 saturated carbocycles. The Hall–Kier alpha value is -2.79. The van der Waals surface area contributed by atoms with Crippen molar-refractivity contribution in [1.82, 2.24) is 4.98 Å². The Kier molecular flexibility index (Phi) is 6.28. The molecule has 2 heterocycles. The van der Waals surface area contributed by atoms with E-state index in [-0.39, 0.29) is 28.9 Å². The van der Waals surface area contributed by atoms with Crippen LogP contribution in [0.15, 0.2) is 59.1 Å². The van der Waals surface area contributed by atoms with E-state index in [1.165, 1.54) is 0 Å². The number of hydrogen-bond donors (Lipinski definition) is 3. The average Bonchev–Trinajstić information content (AvgIpc) is 2.70. The largest absolute Gasteiger partial charge is 0.508 e. The third kappa shape index (κ3) is 4.46. The molecule has 3 N–H and O–H groups in total. The zero-order valence-corrected chi connectivity index (χ0v) is 17.3. The topological polar surface area (TPSA) is 82.5 Å². The second-order valence-corrected chi connectivity index (χ2v) is 7.86. The number of fused-ring (bicyclic) bond motifs is 1. The molecule has 2 aromatic rings. The number of phenolic OH excluding ortho intramolecular Hbond substituents is 1. The van der Waals surface area contributed by atoms with Crippen LogP contribution < -0.4 is 10.3 Å². The van der Waals surface area contributed by atoms with Gasteiger partial charge in [-0.05, 0) is 36.6 Å². The smallest absolute Gasteiger partial charge is 0.257 e. The number of rotatable bonds is 5. The van der Waals surface area contributed by atoms with E-state index in [9.17, 15) is 15.0 Å². The number of aliphatic hydroxyl groups is 1. The molecule has 0 spiro atoms. The standard InChI is InChI=1S/C24H29NO4/c1-5-14(2)12-15(3)6-11-20-16(4)22(27)21-23(29-20)19(13-25-24(21)28)17-7-9-18(26)10-8-17/h6-14,16,20,22,26-27H,5H2,1-4H3,(H,25,28)/b11-6+,15-12+/t14-,16+,20+,22+/m0/s1. The number of aliphatic hydroxyl groups excluding tert-OH is 1. The molecule has 5 heteroatoms. The number of H-pyrrole nitrogens is 1. The first-order valence-electron chi connectivity index (χ1n) is 10.1. The number of nitrogens with one attached hydrogen (secondary N) is 1. The molecule has 29 heavy (non-hydrogen) atoms. The minimum Gasteiger partial charge on any atom is -0.508 e. The highest BCUT2D eigenvalue weighted by Gasteiger charge is 2.36. The van der Waals surface area contributed by atoms with Crippen molar-refractivity contribution in [2.75, 3.05) is 0 Å². The molecule has 5 nitrogen and oxygen atoms in total. The third-order valence-electron chi connectivity index (χ3n) is 5.57. The van der Waals surface area contributed by atoms with Crippen molar-refractivity contribution in [3.8, 4) is 22.6 Å². The maximum Gasteiger partial charge on any atom is 0.257 e. The summed E-state index contributed by atoms with van der Waals surface area (Å²) in [6.45, 7) is 8.25. The zero-order valence-electron chi connectivity index (χ0n) is 17.3. The number of aromatic nitrogens is 1. The van der Waals surface area contributed by atoms with Gasteiger partial charge in [-0.2, -0.15) is 0 Å². The van der Waals surface area contributed by atoms with Crippen LogP contribution in [-0.2, 0) is 0 Å². The molecular formula is C24H29NO4. The Morgan fingerprint density at radius 3 is 2.66 bits per heavy atom. The van der Waals surface area contributed by atoms with Crippen LogP contribution in [0.2, 0.25) is 0 Å². The molecule has 4 atom stereocenters. The van der Waals surface area contributed by atoms with Gasteiger partial charge in [0.2, 0.25) is 0 Å². The Bertz CT molecular complexity index is 971. The zero-order chi connectivity index (χ0) is 21.1. The van der Waals surface area contributed by atoms with Gasteiger partial charge in [0.1, 0.15) is 17.6 Å². The SMILES string of the molecule is CC[C@H](C)/C=C(C)/C=C/[C@H]1Oc2c(-c3ccc(O)cc3)c[nH]c(=O)c2[C@H](O)[C@@H]1C. The first kappa shape index (κ1) is 20.9. The van der Waals surface area contributed by atoms with Crippen LogP contribution in [0, 0.1) is 11.8 Å². The summed E-state index contributed by atoms with van der Waals surface area (Å²) in [5.41, 5.74) is 2.50. The number of allylic oxidation sites excluding steroid dienone is 3. The quantitative estimate of drug-likeness (QED) is 0.640. The van der Waals surface area contributed by atoms with E-state index in [1.54, 1.807) is 30.5 Å². The van der Waals surface area contributed by atoms with E-state index in [2.05, 4.69) is 24.9 Å². The minimum atomic E-state index is -0.937. The summed E-state index contributed by atoms with van der Waals surface area (Å²) in [7, 11) is 0. The molecule has 0 saturated heterocycles. The second kappa shape index (κ2) is 8.70. The van der Waals surface area contributed by atoms with Crippen molar-refractivity contribution < 1.29 is 14.9 Å². The fourth-order valence-electron chi connectivity index (χ4n) is 3.55.